The number of carbonyl (C=O) groups excluding carboxylic acids is 1. The molecule has 0 unspecified atom stereocenters. The van der Waals surface area contributed by atoms with Crippen LogP contribution in [0.15, 0.2) is 42.5 Å². The molecule has 3 N–H and O–H groups in total. The molecule has 2 aromatic rings. The fourth-order valence-electron chi connectivity index (χ4n) is 3.41. The van der Waals surface area contributed by atoms with Crippen LogP contribution < -0.4 is 5.73 Å². The van der Waals surface area contributed by atoms with Gasteiger partial charge in [0.25, 0.3) is 0 Å². The number of hydrogen-bond donors (Lipinski definition) is 2. The molecule has 1 saturated heterocycles. The Kier molecular flexibility index (Phi) is 6.43. The lowest BCUT2D eigenvalue weighted by molar-refractivity contribution is 0.0594. The van der Waals surface area contributed by atoms with E-state index in [1.54, 1.807) is 6.07 Å². The molecule has 0 amide bonds. The van der Waals surface area contributed by atoms with Crippen molar-refractivity contribution in [2.24, 2.45) is 11.7 Å². The number of ether oxygens (including phenoxy) is 1. The highest BCUT2D eigenvalue weighted by Crippen LogP contribution is 2.32. The van der Waals surface area contributed by atoms with Gasteiger partial charge in [0.1, 0.15) is 5.69 Å². The molecule has 1 aliphatic heterocycles. The smallest absolute Gasteiger partial charge is 0.354 e. The topological polar surface area (TPSA) is 71.3 Å². The molecule has 1 aromatic carbocycles. The second-order valence-corrected chi connectivity index (χ2v) is 6.10. The Morgan fingerprint density at radius 2 is 2.00 bits per heavy atom. The molecule has 2 atom stereocenters. The Morgan fingerprint density at radius 3 is 2.67 bits per heavy atom. The number of rotatable bonds is 5. The highest BCUT2D eigenvalue weighted by molar-refractivity contribution is 5.87. The quantitative estimate of drug-likeness (QED) is 0.813. The third-order valence-corrected chi connectivity index (χ3v) is 4.59. The van der Waals surface area contributed by atoms with Crippen molar-refractivity contribution in [3.8, 4) is 0 Å². The van der Waals surface area contributed by atoms with Gasteiger partial charge in [-0.05, 0) is 30.2 Å². The first kappa shape index (κ1) is 18.5. The van der Waals surface area contributed by atoms with Crippen LogP contribution in [0.2, 0.25) is 0 Å². The zero-order valence-electron chi connectivity index (χ0n) is 13.8. The lowest BCUT2D eigenvalue weighted by atomic mass is 9.89. The van der Waals surface area contributed by atoms with Crippen LogP contribution in [0.4, 0.5) is 0 Å². The number of likely N-dealkylation sites (tertiary alicyclic amines) is 1. The molecule has 1 aromatic heterocycles. The van der Waals surface area contributed by atoms with Crippen molar-refractivity contribution in [1.29, 1.82) is 0 Å². The van der Waals surface area contributed by atoms with Crippen molar-refractivity contribution in [2.45, 2.75) is 12.5 Å². The van der Waals surface area contributed by atoms with Gasteiger partial charge in [-0.15, -0.1) is 12.4 Å². The van der Waals surface area contributed by atoms with Crippen LogP contribution in [0.3, 0.4) is 0 Å². The molecule has 2 heterocycles. The predicted octanol–water partition coefficient (Wildman–Crippen LogP) is 2.40. The van der Waals surface area contributed by atoms with Crippen molar-refractivity contribution in [3.05, 3.63) is 59.4 Å². The van der Waals surface area contributed by atoms with E-state index in [1.807, 2.05) is 12.1 Å². The van der Waals surface area contributed by atoms with Gasteiger partial charge >= 0.3 is 5.97 Å². The van der Waals surface area contributed by atoms with Crippen LogP contribution in [0.1, 0.15) is 27.7 Å². The minimum absolute atomic E-state index is 0. The van der Waals surface area contributed by atoms with Crippen molar-refractivity contribution < 1.29 is 9.53 Å². The number of nitrogens with zero attached hydrogens (tertiary/aromatic N) is 1. The average molecular weight is 350 g/mol. The van der Waals surface area contributed by atoms with E-state index >= 15 is 0 Å². The van der Waals surface area contributed by atoms with Crippen molar-refractivity contribution >= 4 is 18.4 Å². The van der Waals surface area contributed by atoms with Crippen LogP contribution in [-0.2, 0) is 11.3 Å². The largest absolute Gasteiger partial charge is 0.464 e. The molecule has 3 rings (SSSR count). The molecule has 0 saturated carbocycles. The highest BCUT2D eigenvalue weighted by Gasteiger charge is 2.32. The van der Waals surface area contributed by atoms with Gasteiger partial charge in [-0.2, -0.15) is 0 Å². The number of benzene rings is 1. The lowest BCUT2D eigenvalue weighted by Crippen LogP contribution is -2.23. The van der Waals surface area contributed by atoms with Crippen molar-refractivity contribution in [2.75, 3.05) is 26.7 Å². The van der Waals surface area contributed by atoms with E-state index in [4.69, 9.17) is 10.5 Å². The molecule has 1 fully saturated rings. The molecule has 0 radical (unpaired) electrons. The van der Waals surface area contributed by atoms with Gasteiger partial charge in [-0.3, -0.25) is 4.90 Å². The maximum Gasteiger partial charge on any atom is 0.354 e. The summed E-state index contributed by atoms with van der Waals surface area (Å²) in [6.07, 6.45) is 0. The Labute approximate surface area is 148 Å². The molecular weight excluding hydrogens is 326 g/mol. The van der Waals surface area contributed by atoms with E-state index < -0.39 is 0 Å². The molecule has 24 heavy (non-hydrogen) atoms. The van der Waals surface area contributed by atoms with E-state index in [0.29, 0.717) is 24.1 Å². The van der Waals surface area contributed by atoms with Gasteiger partial charge < -0.3 is 15.5 Å². The van der Waals surface area contributed by atoms with Crippen LogP contribution in [-0.4, -0.2) is 42.6 Å². The summed E-state index contributed by atoms with van der Waals surface area (Å²) in [5, 5.41) is 0. The molecule has 5 nitrogen and oxygen atoms in total. The number of methoxy groups -OCH3 is 1. The predicted molar refractivity (Wildman–Crippen MR) is 96.4 cm³/mol. The number of esters is 1. The molecule has 1 aliphatic rings. The number of aromatic amines is 1. The second kappa shape index (κ2) is 8.33. The van der Waals surface area contributed by atoms with Crippen LogP contribution >= 0.6 is 12.4 Å². The van der Waals surface area contributed by atoms with Gasteiger partial charge in [-0.1, -0.05) is 30.3 Å². The summed E-state index contributed by atoms with van der Waals surface area (Å²) in [5.74, 6) is 0.600. The Hall–Kier alpha value is -1.82. The zero-order chi connectivity index (χ0) is 16.2. The normalized spacial score (nSPS) is 20.6. The number of nitrogens with one attached hydrogen (secondary N) is 1. The first-order valence-electron chi connectivity index (χ1n) is 7.95. The number of carbonyl (C=O) groups is 1. The van der Waals surface area contributed by atoms with Crippen molar-refractivity contribution in [3.63, 3.8) is 0 Å². The van der Waals surface area contributed by atoms with E-state index in [2.05, 4.69) is 34.1 Å². The summed E-state index contributed by atoms with van der Waals surface area (Å²) in [6, 6.07) is 14.3. The lowest BCUT2D eigenvalue weighted by Gasteiger charge is -2.16. The minimum atomic E-state index is -0.334. The highest BCUT2D eigenvalue weighted by atomic mass is 35.5. The molecule has 0 bridgehead atoms. The van der Waals surface area contributed by atoms with E-state index in [1.165, 1.54) is 12.7 Å². The summed E-state index contributed by atoms with van der Waals surface area (Å²) >= 11 is 0. The third-order valence-electron chi connectivity index (χ3n) is 4.59. The van der Waals surface area contributed by atoms with Gasteiger partial charge in [0.05, 0.1) is 7.11 Å². The summed E-state index contributed by atoms with van der Waals surface area (Å²) in [5.41, 5.74) is 8.86. The maximum atomic E-state index is 11.5. The van der Waals surface area contributed by atoms with Crippen LogP contribution in [0, 0.1) is 5.92 Å². The number of hydrogen-bond acceptors (Lipinski definition) is 4. The second-order valence-electron chi connectivity index (χ2n) is 6.10. The molecule has 0 aliphatic carbocycles. The van der Waals surface area contributed by atoms with E-state index in [-0.39, 0.29) is 18.4 Å². The van der Waals surface area contributed by atoms with Gasteiger partial charge in [0, 0.05) is 31.2 Å². The fraction of sp³-hybridized carbons (Fsp3) is 0.389. The Morgan fingerprint density at radius 1 is 1.25 bits per heavy atom. The number of halogens is 1. The standard InChI is InChI=1S/C18H23N3O2.ClH/c1-23-18(22)17-8-7-15(20-17)11-21-10-14(9-19)16(12-21)13-5-3-2-4-6-13;/h2-8,14,16,20H,9-12,19H2,1H3;1H/t14-,16+;/m1./s1. The maximum absolute atomic E-state index is 11.5. The Bertz CT molecular complexity index is 659. The monoisotopic (exact) mass is 349 g/mol. The molecular formula is C18H24ClN3O2. The first-order chi connectivity index (χ1) is 11.2. The van der Waals surface area contributed by atoms with Crippen LogP contribution in [0.5, 0.6) is 0 Å². The minimum Gasteiger partial charge on any atom is -0.464 e. The zero-order valence-corrected chi connectivity index (χ0v) is 14.6. The average Bonchev–Trinajstić information content (AvgIpc) is 3.22. The summed E-state index contributed by atoms with van der Waals surface area (Å²) < 4.78 is 4.73. The molecule has 130 valence electrons. The van der Waals surface area contributed by atoms with E-state index in [9.17, 15) is 4.79 Å². The van der Waals surface area contributed by atoms with Gasteiger partial charge in [0.2, 0.25) is 0 Å². The summed E-state index contributed by atoms with van der Waals surface area (Å²) in [7, 11) is 1.39. The van der Waals surface area contributed by atoms with Crippen molar-refractivity contribution in [1.82, 2.24) is 9.88 Å². The molecule has 0 spiro atoms. The van der Waals surface area contributed by atoms with Gasteiger partial charge in [0.15, 0.2) is 0 Å². The third kappa shape index (κ3) is 3.98. The summed E-state index contributed by atoms with van der Waals surface area (Å²) in [6.45, 7) is 3.44. The number of H-pyrrole nitrogens is 1. The van der Waals surface area contributed by atoms with Crippen LogP contribution in [0.25, 0.3) is 0 Å². The summed E-state index contributed by atoms with van der Waals surface area (Å²) in [4.78, 5) is 17.0. The number of aromatic nitrogens is 1. The number of nitrogens with two attached hydrogens (primary N) is 1. The van der Waals surface area contributed by atoms with E-state index in [0.717, 1.165) is 25.3 Å². The first-order valence-corrected chi connectivity index (χ1v) is 7.95. The SMILES string of the molecule is COC(=O)c1ccc(CN2C[C@@H](CN)[C@H](c3ccccc3)C2)[nH]1.Cl. The Balaban J connectivity index is 0.00000208. The van der Waals surface area contributed by atoms with Gasteiger partial charge in [-0.25, -0.2) is 4.79 Å². The fourth-order valence-corrected chi connectivity index (χ4v) is 3.41. The molecule has 6 heteroatoms.